The van der Waals surface area contributed by atoms with Gasteiger partial charge in [-0.15, -0.1) is 6.42 Å². The van der Waals surface area contributed by atoms with Crippen LogP contribution in [-0.2, 0) is 21.7 Å². The van der Waals surface area contributed by atoms with Crippen LogP contribution in [0, 0.1) is 6.08 Å². The maximum atomic E-state index is 3.75. The van der Waals surface area contributed by atoms with Gasteiger partial charge in [-0.2, -0.15) is 6.08 Å². The molecule has 1 aromatic carbocycles. The first-order valence-corrected chi connectivity index (χ1v) is 11.3. The topological polar surface area (TPSA) is 0 Å². The van der Waals surface area contributed by atoms with Crippen LogP contribution in [0.25, 0.3) is 0 Å². The van der Waals surface area contributed by atoms with E-state index >= 15 is 0 Å². The second kappa shape index (κ2) is 15.5. The van der Waals surface area contributed by atoms with Gasteiger partial charge in [-0.05, 0) is 0 Å². The summed E-state index contributed by atoms with van der Waals surface area (Å²) in [5.41, 5.74) is 1.62. The van der Waals surface area contributed by atoms with Gasteiger partial charge in [-0.25, -0.2) is 10.8 Å². The molecule has 0 fully saturated rings. The molecule has 2 rings (SSSR count). The van der Waals surface area contributed by atoms with Crippen molar-refractivity contribution in [2.75, 3.05) is 0 Å². The van der Waals surface area contributed by atoms with Gasteiger partial charge < -0.3 is 37.2 Å². The average Bonchev–Trinajstić information content (AvgIpc) is 3.00. The molecule has 1 aliphatic carbocycles. The molecule has 138 valence electrons. The zero-order chi connectivity index (χ0) is 15.1. The Morgan fingerprint density at radius 1 is 0.960 bits per heavy atom. The molecule has 0 N–H and O–H groups in total. The smallest absolute Gasteiger partial charge is 1.00 e. The van der Waals surface area contributed by atoms with Crippen molar-refractivity contribution in [1.29, 1.82) is 0 Å². The van der Waals surface area contributed by atoms with E-state index in [0.717, 1.165) is 6.42 Å². The summed E-state index contributed by atoms with van der Waals surface area (Å²) in [6.45, 7) is 7.15. The molecular formula is C20H29Cl3SiTi. The number of allylic oxidation sites excluding steroid dienone is 4. The number of benzene rings is 1. The van der Waals surface area contributed by atoms with Crippen LogP contribution in [0.4, 0.5) is 0 Å². The number of unbranched alkanes of at least 4 members (excludes halogenated alkanes) is 2. The Kier molecular flexibility index (Phi) is 18.8. The largest absolute Gasteiger partial charge is 4.00 e. The van der Waals surface area contributed by atoms with Gasteiger partial charge in [0.15, 0.2) is 0 Å². The second-order valence-electron chi connectivity index (χ2n) is 6.39. The van der Waals surface area contributed by atoms with Crippen molar-refractivity contribution in [3.63, 3.8) is 0 Å². The van der Waals surface area contributed by atoms with Crippen molar-refractivity contribution in [2.45, 2.75) is 65.0 Å². The van der Waals surface area contributed by atoms with Gasteiger partial charge >= 0.3 is 21.7 Å². The zero-order valence-corrected chi connectivity index (χ0v) is 20.4. The summed E-state index contributed by atoms with van der Waals surface area (Å²) >= 11 is 0. The summed E-state index contributed by atoms with van der Waals surface area (Å²) in [4.78, 5) is 0. The third-order valence-electron chi connectivity index (χ3n) is 4.74. The maximum absolute atomic E-state index is 3.75. The van der Waals surface area contributed by atoms with Crippen LogP contribution in [0.15, 0.2) is 47.2 Å². The van der Waals surface area contributed by atoms with Gasteiger partial charge in [0.1, 0.15) is 0 Å². The Labute approximate surface area is 189 Å². The molecule has 1 atom stereocenters. The van der Waals surface area contributed by atoms with E-state index in [4.69, 9.17) is 0 Å². The molecule has 0 saturated heterocycles. The number of halogens is 3. The molecule has 1 aromatic rings. The maximum Gasteiger partial charge on any atom is 4.00 e. The van der Waals surface area contributed by atoms with Crippen LogP contribution in [0.1, 0.15) is 52.4 Å². The van der Waals surface area contributed by atoms with E-state index in [9.17, 15) is 0 Å². The summed E-state index contributed by atoms with van der Waals surface area (Å²) in [6, 6.07) is 12.6. The van der Waals surface area contributed by atoms with Gasteiger partial charge in [-0.3, -0.25) is 6.08 Å². The van der Waals surface area contributed by atoms with Crippen LogP contribution < -0.4 is 42.4 Å². The van der Waals surface area contributed by atoms with Crippen LogP contribution in [0.5, 0.6) is 0 Å². The average molecular weight is 452 g/mol. The molecule has 1 aliphatic rings. The fourth-order valence-electron chi connectivity index (χ4n) is 3.39. The van der Waals surface area contributed by atoms with E-state index in [2.05, 4.69) is 62.9 Å². The summed E-state index contributed by atoms with van der Waals surface area (Å²) in [7, 11) is -1.59. The molecule has 0 amide bonds. The minimum absolute atomic E-state index is 0. The predicted octanol–water partition coefficient (Wildman–Crippen LogP) is -3.43. The van der Waals surface area contributed by atoms with Gasteiger partial charge in [-0.1, -0.05) is 94.1 Å². The van der Waals surface area contributed by atoms with Crippen molar-refractivity contribution in [3.05, 3.63) is 53.3 Å². The molecule has 0 radical (unpaired) electrons. The van der Waals surface area contributed by atoms with Crippen LogP contribution in [-0.4, -0.2) is 8.07 Å². The fraction of sp³-hybridized carbons (Fsp3) is 0.500. The van der Waals surface area contributed by atoms with E-state index < -0.39 is 8.07 Å². The van der Waals surface area contributed by atoms with E-state index in [1.165, 1.54) is 38.1 Å². The monoisotopic (exact) mass is 450 g/mol. The Morgan fingerprint density at radius 3 is 2.12 bits per heavy atom. The molecule has 0 nitrogen and oxygen atoms in total. The Balaban J connectivity index is -0.00000121. The third-order valence-corrected chi connectivity index (χ3v) is 9.30. The quantitative estimate of drug-likeness (QED) is 0.285. The zero-order valence-electron chi connectivity index (χ0n) is 15.5. The molecule has 0 saturated carbocycles. The minimum atomic E-state index is -1.59. The molecule has 0 aliphatic heterocycles. The fourth-order valence-corrected chi connectivity index (χ4v) is 7.63. The van der Waals surface area contributed by atoms with Gasteiger partial charge in [0.05, 0.1) is 8.07 Å². The number of rotatable bonds is 8. The summed E-state index contributed by atoms with van der Waals surface area (Å²) < 4.78 is 0. The SMILES string of the molecule is CCCCC1=CC[C-]=C1[Si](C)(CCCC)c1ccccc1.[Cl-].[Cl-].[Cl-].[Ti+4]. The summed E-state index contributed by atoms with van der Waals surface area (Å²) in [5, 5.41) is 3.21. The Hall–Kier alpha value is 0.501. The van der Waals surface area contributed by atoms with Gasteiger partial charge in [0, 0.05) is 0 Å². The van der Waals surface area contributed by atoms with Crippen molar-refractivity contribution in [3.8, 4) is 0 Å². The molecule has 25 heavy (non-hydrogen) atoms. The van der Waals surface area contributed by atoms with Crippen LogP contribution in [0.2, 0.25) is 12.6 Å². The summed E-state index contributed by atoms with van der Waals surface area (Å²) in [5.74, 6) is 0. The normalized spacial score (nSPS) is 14.5. The van der Waals surface area contributed by atoms with Crippen LogP contribution in [0.3, 0.4) is 0 Å². The van der Waals surface area contributed by atoms with E-state index in [1.807, 2.05) is 0 Å². The first-order chi connectivity index (χ1) is 10.2. The molecular weight excluding hydrogens is 423 g/mol. The minimum Gasteiger partial charge on any atom is -1.00 e. The van der Waals surface area contributed by atoms with Crippen LogP contribution >= 0.6 is 0 Å². The Bertz CT molecular complexity index is 517. The standard InChI is InChI=1S/C20H29Si.3ClH.Ti/c1-4-6-12-18-13-11-16-20(18)21(3,17-7-5-2)19-14-9-8-10-15-19;;;;/h8-10,13-15H,4-7,11-12,17H2,1-3H3;3*1H;/q-1;;;;+4/p-3. The van der Waals surface area contributed by atoms with E-state index in [-0.39, 0.29) is 58.9 Å². The van der Waals surface area contributed by atoms with Crippen molar-refractivity contribution < 1.29 is 58.9 Å². The summed E-state index contributed by atoms with van der Waals surface area (Å²) in [6.07, 6.45) is 13.7. The van der Waals surface area contributed by atoms with Crippen molar-refractivity contribution in [2.24, 2.45) is 0 Å². The van der Waals surface area contributed by atoms with Crippen molar-refractivity contribution >= 4 is 13.3 Å². The first-order valence-electron chi connectivity index (χ1n) is 8.58. The molecule has 0 bridgehead atoms. The van der Waals surface area contributed by atoms with E-state index in [1.54, 1.807) is 16.0 Å². The molecule has 0 aromatic heterocycles. The van der Waals surface area contributed by atoms with E-state index in [0.29, 0.717) is 0 Å². The number of hydrogen-bond donors (Lipinski definition) is 0. The van der Waals surface area contributed by atoms with Gasteiger partial charge in [0.25, 0.3) is 0 Å². The number of hydrogen-bond acceptors (Lipinski definition) is 0. The van der Waals surface area contributed by atoms with Gasteiger partial charge in [0.2, 0.25) is 0 Å². The third kappa shape index (κ3) is 7.95. The molecule has 0 heterocycles. The first kappa shape index (κ1) is 30.2. The van der Waals surface area contributed by atoms with Crippen molar-refractivity contribution in [1.82, 2.24) is 0 Å². The predicted molar refractivity (Wildman–Crippen MR) is 96.4 cm³/mol. The molecule has 1 unspecified atom stereocenters. The molecule has 0 spiro atoms. The molecule has 5 heteroatoms. The Morgan fingerprint density at radius 2 is 1.56 bits per heavy atom. The second-order valence-corrected chi connectivity index (χ2v) is 10.6.